The highest BCUT2D eigenvalue weighted by molar-refractivity contribution is 7.92. The van der Waals surface area contributed by atoms with Gasteiger partial charge in [0.1, 0.15) is 5.75 Å². The van der Waals surface area contributed by atoms with Crippen LogP contribution < -0.4 is 14.8 Å². The van der Waals surface area contributed by atoms with E-state index in [2.05, 4.69) is 10.0 Å². The van der Waals surface area contributed by atoms with Gasteiger partial charge in [0.25, 0.3) is 15.9 Å². The number of carbonyl (C=O) groups is 1. The Labute approximate surface area is 164 Å². The normalized spacial score (nSPS) is 11.1. The first-order valence-electron chi connectivity index (χ1n) is 8.60. The molecule has 2 rings (SSSR count). The molecule has 2 aromatic carbocycles. The van der Waals surface area contributed by atoms with E-state index >= 15 is 0 Å². The highest BCUT2D eigenvalue weighted by Gasteiger charge is 2.15. The molecule has 27 heavy (non-hydrogen) atoms. The summed E-state index contributed by atoms with van der Waals surface area (Å²) in [5.41, 5.74) is 1.24. The van der Waals surface area contributed by atoms with Gasteiger partial charge >= 0.3 is 0 Å². The van der Waals surface area contributed by atoms with E-state index in [1.165, 1.54) is 24.3 Å². The molecule has 0 radical (unpaired) electrons. The van der Waals surface area contributed by atoms with Crippen LogP contribution in [0.4, 0.5) is 5.69 Å². The summed E-state index contributed by atoms with van der Waals surface area (Å²) in [5, 5.41) is 3.23. The Balaban J connectivity index is 1.96. The lowest BCUT2D eigenvalue weighted by molar-refractivity contribution is -0.123. The van der Waals surface area contributed by atoms with Crippen molar-refractivity contribution in [3.05, 3.63) is 53.1 Å². The first-order valence-corrected chi connectivity index (χ1v) is 10.5. The monoisotopic (exact) mass is 410 g/mol. The number of nitrogens with one attached hydrogen (secondary N) is 2. The Bertz CT molecular complexity index is 883. The average Bonchev–Trinajstić information content (AvgIpc) is 2.63. The van der Waals surface area contributed by atoms with Crippen LogP contribution in [0.15, 0.2) is 47.4 Å². The summed E-state index contributed by atoms with van der Waals surface area (Å²) in [4.78, 5) is 11.7. The zero-order valence-electron chi connectivity index (χ0n) is 15.3. The minimum Gasteiger partial charge on any atom is -0.484 e. The molecule has 0 atom stereocenters. The van der Waals surface area contributed by atoms with Crippen LogP contribution in [0.3, 0.4) is 0 Å². The van der Waals surface area contributed by atoms with Gasteiger partial charge in [0.2, 0.25) is 0 Å². The molecule has 2 aromatic rings. The zero-order valence-corrected chi connectivity index (χ0v) is 16.9. The molecule has 0 fully saturated rings. The van der Waals surface area contributed by atoms with Crippen LogP contribution in [0.2, 0.25) is 5.02 Å². The third-order valence-electron chi connectivity index (χ3n) is 3.78. The number of aryl methyl sites for hydroxylation is 1. The Kier molecular flexibility index (Phi) is 7.50. The first-order chi connectivity index (χ1) is 12.8. The molecular formula is C19H23ClN2O4S. The second-order valence-electron chi connectivity index (χ2n) is 6.03. The van der Waals surface area contributed by atoms with Crippen LogP contribution in [-0.4, -0.2) is 27.5 Å². The molecule has 0 saturated carbocycles. The number of hydrogen-bond acceptors (Lipinski definition) is 4. The molecule has 0 bridgehead atoms. The van der Waals surface area contributed by atoms with E-state index in [-0.39, 0.29) is 17.4 Å². The van der Waals surface area contributed by atoms with Crippen molar-refractivity contribution in [1.29, 1.82) is 0 Å². The van der Waals surface area contributed by atoms with Crippen molar-refractivity contribution in [2.75, 3.05) is 17.9 Å². The summed E-state index contributed by atoms with van der Waals surface area (Å²) in [6.45, 7) is 4.38. The van der Waals surface area contributed by atoms with Gasteiger partial charge in [-0.05, 0) is 55.3 Å². The lowest BCUT2D eigenvalue weighted by atomic mass is 10.2. The van der Waals surface area contributed by atoms with Crippen LogP contribution in [0.5, 0.6) is 5.75 Å². The minimum absolute atomic E-state index is 0.0824. The predicted octanol–water partition coefficient (Wildman–Crippen LogP) is 3.74. The lowest BCUT2D eigenvalue weighted by Crippen LogP contribution is -2.29. The number of ether oxygens (including phenoxy) is 1. The Morgan fingerprint density at radius 3 is 2.48 bits per heavy atom. The van der Waals surface area contributed by atoms with Gasteiger partial charge in [0.05, 0.1) is 10.6 Å². The number of unbranched alkanes of at least 4 members (excludes halogenated alkanes) is 1. The van der Waals surface area contributed by atoms with E-state index in [1.54, 1.807) is 18.2 Å². The molecule has 0 unspecified atom stereocenters. The Morgan fingerprint density at radius 1 is 1.15 bits per heavy atom. The van der Waals surface area contributed by atoms with Crippen molar-refractivity contribution >= 4 is 33.2 Å². The fourth-order valence-corrected chi connectivity index (χ4v) is 3.42. The molecule has 2 N–H and O–H groups in total. The largest absolute Gasteiger partial charge is 0.484 e. The summed E-state index contributed by atoms with van der Waals surface area (Å²) < 4.78 is 32.8. The SMILES string of the molecule is CCCCNC(=O)COc1ccc(S(=O)(=O)Nc2ccc(C)c(Cl)c2)cc1. The third kappa shape index (κ3) is 6.45. The molecule has 0 saturated heterocycles. The maximum Gasteiger partial charge on any atom is 0.261 e. The van der Waals surface area contributed by atoms with E-state index in [0.29, 0.717) is 23.0 Å². The summed E-state index contributed by atoms with van der Waals surface area (Å²) in [5.74, 6) is 0.205. The molecule has 1 amide bonds. The van der Waals surface area contributed by atoms with Crippen LogP contribution in [0.25, 0.3) is 0 Å². The van der Waals surface area contributed by atoms with Crippen LogP contribution in [0.1, 0.15) is 25.3 Å². The molecule has 0 aliphatic heterocycles. The number of amides is 1. The van der Waals surface area contributed by atoms with Crippen LogP contribution in [0, 0.1) is 6.92 Å². The molecular weight excluding hydrogens is 388 g/mol. The Hall–Kier alpha value is -2.25. The first kappa shape index (κ1) is 21.1. The minimum atomic E-state index is -3.75. The fraction of sp³-hybridized carbons (Fsp3) is 0.316. The van der Waals surface area contributed by atoms with Gasteiger partial charge in [-0.2, -0.15) is 0 Å². The molecule has 0 aliphatic carbocycles. The standard InChI is InChI=1S/C19H23ClN2O4S/c1-3-4-11-21-19(23)13-26-16-7-9-17(10-8-16)27(24,25)22-15-6-5-14(2)18(20)12-15/h5-10,12,22H,3-4,11,13H2,1-2H3,(H,21,23). The molecule has 6 nitrogen and oxygen atoms in total. The highest BCUT2D eigenvalue weighted by atomic mass is 35.5. The van der Waals surface area contributed by atoms with E-state index in [1.807, 2.05) is 13.8 Å². The third-order valence-corrected chi connectivity index (χ3v) is 5.58. The van der Waals surface area contributed by atoms with Crippen molar-refractivity contribution in [3.63, 3.8) is 0 Å². The second-order valence-corrected chi connectivity index (χ2v) is 8.12. The second kappa shape index (κ2) is 9.62. The van der Waals surface area contributed by atoms with Gasteiger partial charge in [-0.25, -0.2) is 8.42 Å². The van der Waals surface area contributed by atoms with Gasteiger partial charge in [-0.1, -0.05) is 31.0 Å². The Morgan fingerprint density at radius 2 is 1.85 bits per heavy atom. The van der Waals surface area contributed by atoms with Gasteiger partial charge in [-0.15, -0.1) is 0 Å². The van der Waals surface area contributed by atoms with Gasteiger partial charge in [0, 0.05) is 11.6 Å². The van der Waals surface area contributed by atoms with Crippen molar-refractivity contribution in [3.8, 4) is 5.75 Å². The van der Waals surface area contributed by atoms with Crippen LogP contribution >= 0.6 is 11.6 Å². The van der Waals surface area contributed by atoms with E-state index in [9.17, 15) is 13.2 Å². The molecule has 0 aliphatic rings. The quantitative estimate of drug-likeness (QED) is 0.616. The van der Waals surface area contributed by atoms with E-state index < -0.39 is 10.0 Å². The molecule has 0 aromatic heterocycles. The van der Waals surface area contributed by atoms with Crippen molar-refractivity contribution in [1.82, 2.24) is 5.32 Å². The topological polar surface area (TPSA) is 84.5 Å². The molecule has 8 heteroatoms. The maximum absolute atomic E-state index is 12.5. The number of sulfonamides is 1. The van der Waals surface area contributed by atoms with Gasteiger partial charge in [-0.3, -0.25) is 9.52 Å². The lowest BCUT2D eigenvalue weighted by Gasteiger charge is -2.10. The molecule has 0 spiro atoms. The van der Waals surface area contributed by atoms with Gasteiger partial charge < -0.3 is 10.1 Å². The number of carbonyl (C=O) groups excluding carboxylic acids is 1. The smallest absolute Gasteiger partial charge is 0.261 e. The van der Waals surface area contributed by atoms with Gasteiger partial charge in [0.15, 0.2) is 6.61 Å². The van der Waals surface area contributed by atoms with Crippen LogP contribution in [-0.2, 0) is 14.8 Å². The number of rotatable bonds is 9. The maximum atomic E-state index is 12.5. The summed E-state index contributed by atoms with van der Waals surface area (Å²) in [6.07, 6.45) is 1.91. The predicted molar refractivity (Wildman–Crippen MR) is 107 cm³/mol. The van der Waals surface area contributed by atoms with E-state index in [0.717, 1.165) is 18.4 Å². The van der Waals surface area contributed by atoms with Crippen molar-refractivity contribution < 1.29 is 17.9 Å². The molecule has 146 valence electrons. The summed E-state index contributed by atoms with van der Waals surface area (Å²) in [6, 6.07) is 10.8. The van der Waals surface area contributed by atoms with Crippen molar-refractivity contribution in [2.45, 2.75) is 31.6 Å². The number of benzene rings is 2. The number of halogens is 1. The number of hydrogen-bond donors (Lipinski definition) is 2. The summed E-state index contributed by atoms with van der Waals surface area (Å²) in [7, 11) is -3.75. The molecule has 0 heterocycles. The summed E-state index contributed by atoms with van der Waals surface area (Å²) >= 11 is 6.03. The van der Waals surface area contributed by atoms with E-state index in [4.69, 9.17) is 16.3 Å². The average molecular weight is 411 g/mol. The number of anilines is 1. The van der Waals surface area contributed by atoms with Crippen molar-refractivity contribution in [2.24, 2.45) is 0 Å². The zero-order chi connectivity index (χ0) is 19.9. The fourth-order valence-electron chi connectivity index (χ4n) is 2.19. The highest BCUT2D eigenvalue weighted by Crippen LogP contribution is 2.23.